The van der Waals surface area contributed by atoms with Crippen LogP contribution in [0.5, 0.6) is 0 Å². The molecule has 0 spiro atoms. The second-order valence-electron chi connectivity index (χ2n) is 5.85. The molecule has 18 heavy (non-hydrogen) atoms. The molecule has 0 aliphatic carbocycles. The molecule has 0 aromatic carbocycles. The lowest BCUT2D eigenvalue weighted by atomic mass is 9.90. The fraction of sp³-hybridized carbons (Fsp3) is 0.846. The fourth-order valence-corrected chi connectivity index (χ4v) is 1.77. The summed E-state index contributed by atoms with van der Waals surface area (Å²) in [4.78, 5) is 15.8. The molecular formula is C13H26N4O. The number of aliphatic imine (C=N–C) groups is 1. The van der Waals surface area contributed by atoms with Crippen LogP contribution in [-0.4, -0.2) is 38.0 Å². The number of amides is 1. The predicted octanol–water partition coefficient (Wildman–Crippen LogP) is 0.868. The fourth-order valence-electron chi connectivity index (χ4n) is 1.77. The number of guanidine groups is 1. The highest BCUT2D eigenvalue weighted by atomic mass is 16.1. The van der Waals surface area contributed by atoms with Crippen LogP contribution in [0, 0.1) is 5.41 Å². The summed E-state index contributed by atoms with van der Waals surface area (Å²) in [6.45, 7) is 9.70. The molecule has 0 aromatic rings. The molecule has 104 valence electrons. The lowest BCUT2D eigenvalue weighted by Gasteiger charge is -2.17. The normalized spacial score (nSPS) is 14.9. The summed E-state index contributed by atoms with van der Waals surface area (Å²) in [6.07, 6.45) is 2.66. The maximum atomic E-state index is 11.5. The smallest absolute Gasteiger partial charge is 0.220 e. The molecular weight excluding hydrogens is 228 g/mol. The zero-order valence-corrected chi connectivity index (χ0v) is 11.8. The Labute approximate surface area is 110 Å². The average molecular weight is 254 g/mol. The number of carbonyl (C=O) groups excluding carboxylic acids is 1. The number of rotatable bonds is 6. The van der Waals surface area contributed by atoms with Crippen molar-refractivity contribution in [3.8, 4) is 0 Å². The van der Waals surface area contributed by atoms with E-state index < -0.39 is 0 Å². The van der Waals surface area contributed by atoms with Crippen molar-refractivity contribution in [2.45, 2.75) is 40.0 Å². The molecule has 0 saturated carbocycles. The zero-order chi connectivity index (χ0) is 13.4. The molecule has 0 atom stereocenters. The third-order valence-corrected chi connectivity index (χ3v) is 2.74. The van der Waals surface area contributed by atoms with Crippen molar-refractivity contribution < 1.29 is 4.79 Å². The molecule has 0 unspecified atom stereocenters. The van der Waals surface area contributed by atoms with Crippen molar-refractivity contribution in [2.75, 3.05) is 26.2 Å². The van der Waals surface area contributed by atoms with Gasteiger partial charge in [-0.3, -0.25) is 9.79 Å². The van der Waals surface area contributed by atoms with Gasteiger partial charge in [0.25, 0.3) is 0 Å². The third kappa shape index (κ3) is 7.14. The Morgan fingerprint density at radius 3 is 2.78 bits per heavy atom. The summed E-state index contributed by atoms with van der Waals surface area (Å²) in [5, 5.41) is 9.17. The molecule has 0 radical (unpaired) electrons. The number of hydrogen-bond acceptors (Lipinski definition) is 4. The van der Waals surface area contributed by atoms with Crippen LogP contribution in [0.1, 0.15) is 40.0 Å². The van der Waals surface area contributed by atoms with Gasteiger partial charge in [0, 0.05) is 26.1 Å². The van der Waals surface area contributed by atoms with Crippen molar-refractivity contribution in [1.29, 1.82) is 0 Å². The summed E-state index contributed by atoms with van der Waals surface area (Å²) in [5.41, 5.74) is 0.314. The van der Waals surface area contributed by atoms with Gasteiger partial charge in [-0.1, -0.05) is 20.8 Å². The van der Waals surface area contributed by atoms with E-state index in [4.69, 9.17) is 0 Å². The second-order valence-corrected chi connectivity index (χ2v) is 5.85. The first-order valence-electron chi connectivity index (χ1n) is 6.76. The lowest BCUT2D eigenvalue weighted by Crippen LogP contribution is -2.39. The topological polar surface area (TPSA) is 65.5 Å². The minimum atomic E-state index is 0.141. The number of nitrogens with zero attached hydrogens (tertiary/aromatic N) is 1. The van der Waals surface area contributed by atoms with Crippen LogP contribution in [0.3, 0.4) is 0 Å². The minimum absolute atomic E-state index is 0.141. The van der Waals surface area contributed by atoms with Crippen LogP contribution in [0.15, 0.2) is 4.99 Å². The molecule has 5 nitrogen and oxygen atoms in total. The van der Waals surface area contributed by atoms with Crippen LogP contribution in [-0.2, 0) is 4.79 Å². The van der Waals surface area contributed by atoms with E-state index in [2.05, 4.69) is 41.7 Å². The van der Waals surface area contributed by atoms with Crippen molar-refractivity contribution in [3.63, 3.8) is 0 Å². The van der Waals surface area contributed by atoms with Gasteiger partial charge in [0.1, 0.15) is 0 Å². The maximum absolute atomic E-state index is 11.5. The summed E-state index contributed by atoms with van der Waals surface area (Å²) in [7, 11) is 0. The van der Waals surface area contributed by atoms with Gasteiger partial charge in [0.05, 0.1) is 6.54 Å². The molecule has 5 heteroatoms. The molecule has 0 fully saturated rings. The number of hydrogen-bond donors (Lipinski definition) is 3. The van der Waals surface area contributed by atoms with Crippen LogP contribution < -0.4 is 16.0 Å². The first-order valence-corrected chi connectivity index (χ1v) is 6.76. The molecule has 0 bridgehead atoms. The van der Waals surface area contributed by atoms with Gasteiger partial charge in [-0.15, -0.1) is 0 Å². The Bertz CT molecular complexity index is 294. The standard InChI is InChI=1S/C13H26N4O/c1-13(2,3)6-4-5-11(18)14-7-8-15-12-16-9-10-17-12/h4-10H2,1-3H3,(H,14,18)(H2,15,16,17). The molecule has 1 heterocycles. The quantitative estimate of drug-likeness (QED) is 0.616. The van der Waals surface area contributed by atoms with Crippen LogP contribution in [0.4, 0.5) is 0 Å². The van der Waals surface area contributed by atoms with Gasteiger partial charge in [-0.05, 0) is 18.3 Å². The summed E-state index contributed by atoms with van der Waals surface area (Å²) in [6, 6.07) is 0. The lowest BCUT2D eigenvalue weighted by molar-refractivity contribution is -0.121. The Hall–Kier alpha value is -1.26. The largest absolute Gasteiger partial charge is 0.355 e. The zero-order valence-electron chi connectivity index (χ0n) is 11.8. The average Bonchev–Trinajstić information content (AvgIpc) is 2.75. The van der Waals surface area contributed by atoms with Gasteiger partial charge in [0.2, 0.25) is 5.91 Å². The molecule has 1 aliphatic heterocycles. The van der Waals surface area contributed by atoms with E-state index in [0.29, 0.717) is 18.4 Å². The second kappa shape index (κ2) is 7.24. The first-order chi connectivity index (χ1) is 8.47. The molecule has 0 saturated heterocycles. The van der Waals surface area contributed by atoms with Crippen LogP contribution >= 0.6 is 0 Å². The molecule has 1 rings (SSSR count). The van der Waals surface area contributed by atoms with Gasteiger partial charge in [0.15, 0.2) is 5.96 Å². The van der Waals surface area contributed by atoms with Gasteiger partial charge in [-0.25, -0.2) is 0 Å². The van der Waals surface area contributed by atoms with Crippen molar-refractivity contribution >= 4 is 11.9 Å². The maximum Gasteiger partial charge on any atom is 0.220 e. The van der Waals surface area contributed by atoms with E-state index in [-0.39, 0.29) is 5.91 Å². The highest BCUT2D eigenvalue weighted by Crippen LogP contribution is 2.21. The van der Waals surface area contributed by atoms with Gasteiger partial charge < -0.3 is 16.0 Å². The van der Waals surface area contributed by atoms with E-state index in [1.165, 1.54) is 0 Å². The highest BCUT2D eigenvalue weighted by molar-refractivity contribution is 5.81. The van der Waals surface area contributed by atoms with E-state index in [1.807, 2.05) is 0 Å². The Morgan fingerprint density at radius 2 is 2.17 bits per heavy atom. The van der Waals surface area contributed by atoms with E-state index in [9.17, 15) is 4.79 Å². The van der Waals surface area contributed by atoms with Crippen LogP contribution in [0.25, 0.3) is 0 Å². The number of nitrogens with one attached hydrogen (secondary N) is 3. The summed E-state index contributed by atoms with van der Waals surface area (Å²) < 4.78 is 0. The molecule has 0 aromatic heterocycles. The molecule has 3 N–H and O–H groups in total. The van der Waals surface area contributed by atoms with E-state index in [1.54, 1.807) is 0 Å². The minimum Gasteiger partial charge on any atom is -0.355 e. The predicted molar refractivity (Wildman–Crippen MR) is 74.6 cm³/mol. The van der Waals surface area contributed by atoms with E-state index >= 15 is 0 Å². The van der Waals surface area contributed by atoms with Crippen molar-refractivity contribution in [2.24, 2.45) is 10.4 Å². The van der Waals surface area contributed by atoms with Crippen LogP contribution in [0.2, 0.25) is 0 Å². The third-order valence-electron chi connectivity index (χ3n) is 2.74. The summed E-state index contributed by atoms with van der Waals surface area (Å²) in [5.74, 6) is 0.986. The molecule has 1 aliphatic rings. The van der Waals surface area contributed by atoms with Gasteiger partial charge in [-0.2, -0.15) is 0 Å². The first kappa shape index (κ1) is 14.8. The summed E-state index contributed by atoms with van der Waals surface area (Å²) >= 11 is 0. The Kier molecular flexibility index (Phi) is 5.95. The van der Waals surface area contributed by atoms with Crippen molar-refractivity contribution in [3.05, 3.63) is 0 Å². The van der Waals surface area contributed by atoms with E-state index in [0.717, 1.165) is 38.4 Å². The Balaban J connectivity index is 1.96. The number of carbonyl (C=O) groups is 1. The van der Waals surface area contributed by atoms with Crippen molar-refractivity contribution in [1.82, 2.24) is 16.0 Å². The Morgan fingerprint density at radius 1 is 1.39 bits per heavy atom. The van der Waals surface area contributed by atoms with Gasteiger partial charge >= 0.3 is 0 Å². The highest BCUT2D eigenvalue weighted by Gasteiger charge is 2.10. The SMILES string of the molecule is CC(C)(C)CCCC(=O)NCCNC1=NCCN1. The molecule has 1 amide bonds. The monoisotopic (exact) mass is 254 g/mol.